The number of ether oxygens (including phenoxy) is 2. The Morgan fingerprint density at radius 1 is 1.60 bits per heavy atom. The summed E-state index contributed by atoms with van der Waals surface area (Å²) < 4.78 is 10.1. The number of esters is 2. The Kier molecular flexibility index (Phi) is 3.17. The van der Waals surface area contributed by atoms with Crippen LogP contribution >= 0.6 is 0 Å². The first-order chi connectivity index (χ1) is 6.84. The Hall–Kier alpha value is -1.32. The molecule has 0 aromatic carbocycles. The van der Waals surface area contributed by atoms with Crippen LogP contribution in [0.25, 0.3) is 0 Å². The van der Waals surface area contributed by atoms with Crippen LogP contribution in [-0.2, 0) is 19.1 Å². The van der Waals surface area contributed by atoms with E-state index in [0.29, 0.717) is 18.6 Å². The molecule has 0 aromatic heterocycles. The van der Waals surface area contributed by atoms with Gasteiger partial charge in [-0.1, -0.05) is 6.58 Å². The molecule has 0 amide bonds. The number of carbonyl (C=O) groups is 2. The molecule has 4 nitrogen and oxygen atoms in total. The number of cyclic esters (lactones) is 1. The Morgan fingerprint density at radius 3 is 2.60 bits per heavy atom. The maximum Gasteiger partial charge on any atom is 0.333 e. The summed E-state index contributed by atoms with van der Waals surface area (Å²) in [5.41, 5.74) is -0.502. The van der Waals surface area contributed by atoms with E-state index in [9.17, 15) is 9.59 Å². The smallest absolute Gasteiger partial charge is 0.333 e. The molecule has 1 aliphatic heterocycles. The van der Waals surface area contributed by atoms with E-state index in [0.717, 1.165) is 0 Å². The highest BCUT2D eigenvalue weighted by atomic mass is 16.6. The van der Waals surface area contributed by atoms with Crippen molar-refractivity contribution >= 4 is 11.9 Å². The molecule has 0 aromatic rings. The van der Waals surface area contributed by atoms with Crippen LogP contribution in [0.3, 0.4) is 0 Å². The third kappa shape index (κ3) is 2.58. The van der Waals surface area contributed by atoms with Crippen LogP contribution in [0.15, 0.2) is 12.2 Å². The standard InChI is InChI=1S/C11H16O4/c1-7(2)9(12)15-11(3,4)8-5-6-14-10(8)13/h8H,1,5-6H2,2-4H3. The topological polar surface area (TPSA) is 52.6 Å². The van der Waals surface area contributed by atoms with Gasteiger partial charge in [-0.15, -0.1) is 0 Å². The molecular weight excluding hydrogens is 196 g/mol. The quantitative estimate of drug-likeness (QED) is 0.525. The van der Waals surface area contributed by atoms with E-state index >= 15 is 0 Å². The minimum Gasteiger partial charge on any atom is -0.465 e. The molecule has 0 N–H and O–H groups in total. The molecule has 0 radical (unpaired) electrons. The molecule has 1 heterocycles. The van der Waals surface area contributed by atoms with Crippen molar-refractivity contribution in [3.05, 3.63) is 12.2 Å². The molecular formula is C11H16O4. The van der Waals surface area contributed by atoms with Crippen molar-refractivity contribution in [2.45, 2.75) is 32.8 Å². The predicted octanol–water partition coefficient (Wildman–Crippen LogP) is 1.45. The van der Waals surface area contributed by atoms with Gasteiger partial charge in [0.1, 0.15) is 5.60 Å². The predicted molar refractivity (Wildman–Crippen MR) is 54.1 cm³/mol. The maximum atomic E-state index is 11.3. The van der Waals surface area contributed by atoms with E-state index in [1.54, 1.807) is 20.8 Å². The van der Waals surface area contributed by atoms with E-state index in [2.05, 4.69) is 6.58 Å². The van der Waals surface area contributed by atoms with Gasteiger partial charge in [0.25, 0.3) is 0 Å². The van der Waals surface area contributed by atoms with Crippen LogP contribution in [0.1, 0.15) is 27.2 Å². The van der Waals surface area contributed by atoms with Crippen molar-refractivity contribution in [2.75, 3.05) is 6.61 Å². The van der Waals surface area contributed by atoms with Crippen molar-refractivity contribution in [1.82, 2.24) is 0 Å². The Labute approximate surface area is 89.2 Å². The molecule has 15 heavy (non-hydrogen) atoms. The average Bonchev–Trinajstić information content (AvgIpc) is 2.50. The van der Waals surface area contributed by atoms with E-state index in [4.69, 9.17) is 9.47 Å². The van der Waals surface area contributed by atoms with Gasteiger partial charge in [0.15, 0.2) is 0 Å². The molecule has 1 aliphatic rings. The average molecular weight is 212 g/mol. The molecule has 0 spiro atoms. The number of hydrogen-bond acceptors (Lipinski definition) is 4. The van der Waals surface area contributed by atoms with Gasteiger partial charge in [-0.3, -0.25) is 4.79 Å². The first-order valence-electron chi connectivity index (χ1n) is 4.90. The second kappa shape index (κ2) is 4.04. The largest absolute Gasteiger partial charge is 0.465 e. The minimum atomic E-state index is -0.830. The number of rotatable bonds is 3. The third-order valence-electron chi connectivity index (χ3n) is 2.48. The van der Waals surface area contributed by atoms with Crippen molar-refractivity contribution in [1.29, 1.82) is 0 Å². The van der Waals surface area contributed by atoms with E-state index in [1.807, 2.05) is 0 Å². The summed E-state index contributed by atoms with van der Waals surface area (Å²) in [5, 5.41) is 0. The SMILES string of the molecule is C=C(C)C(=O)OC(C)(C)C1CCOC1=O. The first-order valence-corrected chi connectivity index (χ1v) is 4.90. The fourth-order valence-electron chi connectivity index (χ4n) is 1.52. The lowest BCUT2D eigenvalue weighted by Gasteiger charge is -2.28. The van der Waals surface area contributed by atoms with Crippen LogP contribution in [0, 0.1) is 5.92 Å². The summed E-state index contributed by atoms with van der Waals surface area (Å²) in [6, 6.07) is 0. The van der Waals surface area contributed by atoms with Gasteiger partial charge in [0.05, 0.1) is 12.5 Å². The lowest BCUT2D eigenvalue weighted by molar-refractivity contribution is -0.162. The van der Waals surface area contributed by atoms with Crippen molar-refractivity contribution in [2.24, 2.45) is 5.92 Å². The summed E-state index contributed by atoms with van der Waals surface area (Å²) in [7, 11) is 0. The monoisotopic (exact) mass is 212 g/mol. The summed E-state index contributed by atoms with van der Waals surface area (Å²) in [6.45, 7) is 8.90. The molecule has 1 unspecified atom stereocenters. The van der Waals surface area contributed by atoms with Gasteiger partial charge in [0.2, 0.25) is 0 Å². The lowest BCUT2D eigenvalue weighted by atomic mass is 9.89. The van der Waals surface area contributed by atoms with Crippen LogP contribution < -0.4 is 0 Å². The highest BCUT2D eigenvalue weighted by Gasteiger charge is 2.42. The lowest BCUT2D eigenvalue weighted by Crippen LogP contribution is -2.39. The number of carbonyl (C=O) groups excluding carboxylic acids is 2. The van der Waals surface area contributed by atoms with Gasteiger partial charge in [-0.2, -0.15) is 0 Å². The Balaban J connectivity index is 2.69. The van der Waals surface area contributed by atoms with E-state index in [-0.39, 0.29) is 11.9 Å². The molecule has 0 aliphatic carbocycles. The maximum absolute atomic E-state index is 11.3. The first kappa shape index (κ1) is 11.8. The molecule has 0 bridgehead atoms. The summed E-state index contributed by atoms with van der Waals surface area (Å²) in [5.74, 6) is -1.14. The molecule has 1 rings (SSSR count). The second-order valence-electron chi connectivity index (χ2n) is 4.28. The second-order valence-corrected chi connectivity index (χ2v) is 4.28. The van der Waals surface area contributed by atoms with Crippen LogP contribution in [0.5, 0.6) is 0 Å². The van der Waals surface area contributed by atoms with E-state index in [1.165, 1.54) is 0 Å². The fraction of sp³-hybridized carbons (Fsp3) is 0.636. The zero-order valence-electron chi connectivity index (χ0n) is 9.33. The highest BCUT2D eigenvalue weighted by molar-refractivity contribution is 5.87. The molecule has 4 heteroatoms. The molecule has 1 saturated heterocycles. The molecule has 1 atom stereocenters. The van der Waals surface area contributed by atoms with Gasteiger partial charge < -0.3 is 9.47 Å². The van der Waals surface area contributed by atoms with Gasteiger partial charge in [-0.05, 0) is 27.2 Å². The minimum absolute atomic E-state index is 0.297. The molecule has 0 saturated carbocycles. The van der Waals surface area contributed by atoms with Gasteiger partial charge in [0, 0.05) is 5.57 Å². The molecule has 1 fully saturated rings. The number of hydrogen-bond donors (Lipinski definition) is 0. The van der Waals surface area contributed by atoms with Crippen molar-refractivity contribution < 1.29 is 19.1 Å². The zero-order valence-corrected chi connectivity index (χ0v) is 9.33. The Bertz CT molecular complexity index is 304. The highest BCUT2D eigenvalue weighted by Crippen LogP contribution is 2.30. The summed E-state index contributed by atoms with van der Waals surface area (Å²) >= 11 is 0. The summed E-state index contributed by atoms with van der Waals surface area (Å²) in [6.07, 6.45) is 0.593. The third-order valence-corrected chi connectivity index (χ3v) is 2.48. The van der Waals surface area contributed by atoms with Crippen molar-refractivity contribution in [3.8, 4) is 0 Å². The zero-order chi connectivity index (χ0) is 11.6. The van der Waals surface area contributed by atoms with Crippen molar-refractivity contribution in [3.63, 3.8) is 0 Å². The fourth-order valence-corrected chi connectivity index (χ4v) is 1.52. The normalized spacial score (nSPS) is 21.0. The Morgan fingerprint density at radius 2 is 2.20 bits per heavy atom. The van der Waals surface area contributed by atoms with Crippen LogP contribution in [0.2, 0.25) is 0 Å². The summed E-state index contributed by atoms with van der Waals surface area (Å²) in [4.78, 5) is 22.7. The molecule has 84 valence electrons. The van der Waals surface area contributed by atoms with E-state index < -0.39 is 11.6 Å². The van der Waals surface area contributed by atoms with Gasteiger partial charge in [-0.25, -0.2) is 4.79 Å². The van der Waals surface area contributed by atoms with Gasteiger partial charge >= 0.3 is 11.9 Å². The van der Waals surface area contributed by atoms with Crippen LogP contribution in [-0.4, -0.2) is 24.1 Å². The van der Waals surface area contributed by atoms with Crippen LogP contribution in [0.4, 0.5) is 0 Å².